The minimum absolute atomic E-state index is 0. The van der Waals surface area contributed by atoms with E-state index in [4.69, 9.17) is 16.3 Å². The fraction of sp³-hybridized carbons (Fsp3) is 0.139. The summed E-state index contributed by atoms with van der Waals surface area (Å²) < 4.78 is 8.40. The Kier molecular flexibility index (Phi) is 7.24. The molecule has 0 saturated heterocycles. The summed E-state index contributed by atoms with van der Waals surface area (Å²) in [5, 5.41) is 1.96. The second-order valence-corrected chi connectivity index (χ2v) is 11.4. The van der Waals surface area contributed by atoms with Crippen molar-refractivity contribution in [3.05, 3.63) is 127 Å². The van der Waals surface area contributed by atoms with Gasteiger partial charge in [-0.2, -0.15) is 18.8 Å². The summed E-state index contributed by atoms with van der Waals surface area (Å²) in [6.07, 6.45) is 1.83. The van der Waals surface area contributed by atoms with Crippen molar-refractivity contribution in [3.63, 3.8) is 0 Å². The zero-order valence-corrected chi connectivity index (χ0v) is 26.5. The molecule has 0 saturated carbocycles. The molecule has 0 bridgehead atoms. The van der Waals surface area contributed by atoms with Crippen molar-refractivity contribution in [1.82, 2.24) is 9.55 Å². The van der Waals surface area contributed by atoms with Gasteiger partial charge in [0.15, 0.2) is 0 Å². The van der Waals surface area contributed by atoms with Gasteiger partial charge in [0.25, 0.3) is 0 Å². The van der Waals surface area contributed by atoms with Crippen LogP contribution in [0.15, 0.2) is 91.1 Å². The molecule has 0 radical (unpaired) electrons. The molecule has 43 heavy (non-hydrogen) atoms. The topological polar surface area (TPSA) is 37.9 Å². The van der Waals surface area contributed by atoms with E-state index < -0.39 is 0 Å². The van der Waals surface area contributed by atoms with Crippen LogP contribution < -0.4 is 14.5 Å². The van der Waals surface area contributed by atoms with Gasteiger partial charge >= 0.3 is 0 Å². The maximum absolute atomic E-state index is 7.88. The van der Waals surface area contributed by atoms with Crippen molar-refractivity contribution in [2.24, 2.45) is 0 Å². The maximum Gasteiger partial charge on any atom is 0.210 e. The van der Waals surface area contributed by atoms with Crippen LogP contribution in [0.2, 0.25) is 0 Å². The zero-order chi connectivity index (χ0) is 29.0. The van der Waals surface area contributed by atoms with E-state index >= 15 is 0 Å². The first-order chi connectivity index (χ1) is 20.3. The minimum Gasteiger partial charge on any atom is -0.509 e. The summed E-state index contributed by atoms with van der Waals surface area (Å²) >= 11 is 0. The molecule has 0 amide bonds. The van der Waals surface area contributed by atoms with E-state index in [0.29, 0.717) is 17.2 Å². The number of aromatic nitrogens is 2. The van der Waals surface area contributed by atoms with E-state index in [-0.39, 0.29) is 26.5 Å². The Bertz CT molecular complexity index is 2030. The number of benzene rings is 4. The molecule has 6 nitrogen and oxygen atoms in total. The molecule has 1 aliphatic heterocycles. The van der Waals surface area contributed by atoms with Crippen LogP contribution in [0.5, 0.6) is 11.5 Å². The fourth-order valence-electron chi connectivity index (χ4n) is 5.55. The van der Waals surface area contributed by atoms with Crippen LogP contribution in [0.4, 0.5) is 22.7 Å². The van der Waals surface area contributed by atoms with Crippen molar-refractivity contribution in [2.45, 2.75) is 26.2 Å². The van der Waals surface area contributed by atoms with E-state index in [2.05, 4.69) is 65.7 Å². The molecule has 216 valence electrons. The van der Waals surface area contributed by atoms with Gasteiger partial charge < -0.3 is 19.1 Å². The van der Waals surface area contributed by atoms with E-state index in [0.717, 1.165) is 50.2 Å². The smallest absolute Gasteiger partial charge is 0.210 e. The molecule has 3 heterocycles. The van der Waals surface area contributed by atoms with Gasteiger partial charge in [-0.05, 0) is 42.3 Å². The van der Waals surface area contributed by atoms with E-state index in [1.807, 2.05) is 91.2 Å². The van der Waals surface area contributed by atoms with Gasteiger partial charge in [-0.3, -0.25) is 0 Å². The number of anilines is 3. The Labute approximate surface area is 266 Å². The van der Waals surface area contributed by atoms with Crippen LogP contribution >= 0.6 is 0 Å². The van der Waals surface area contributed by atoms with Gasteiger partial charge in [-0.25, -0.2) is 9.83 Å². The zero-order valence-electron chi connectivity index (χ0n) is 24.2. The van der Waals surface area contributed by atoms with Crippen LogP contribution in [-0.2, 0) is 26.5 Å². The average Bonchev–Trinajstić information content (AvgIpc) is 3.51. The third-order valence-electron chi connectivity index (χ3n) is 7.65. The number of rotatable bonds is 4. The van der Waals surface area contributed by atoms with Crippen LogP contribution in [-0.4, -0.2) is 16.6 Å². The number of ether oxygens (including phenoxy) is 1. The molecule has 4 aromatic carbocycles. The van der Waals surface area contributed by atoms with Crippen LogP contribution in [0, 0.1) is 25.4 Å². The van der Waals surface area contributed by atoms with Gasteiger partial charge in [0.1, 0.15) is 5.82 Å². The SMILES string of the molecule is [C-]#[N+]c1cccc2c3ccc(Oc4[c-]c(N5[CH-]N(C)c6ccccc65)ccc4)[c-]c3n(-c3cc(C(C)(C)C)ccn3)c12.[Pt]. The van der Waals surface area contributed by atoms with Crippen molar-refractivity contribution in [1.29, 1.82) is 0 Å². The summed E-state index contributed by atoms with van der Waals surface area (Å²) in [6, 6.07) is 35.0. The molecular formula is C36H28N5OPt-3. The Balaban J connectivity index is 0.00000329. The first-order valence-electron chi connectivity index (χ1n) is 13.8. The average molecular weight is 742 g/mol. The van der Waals surface area contributed by atoms with Crippen molar-refractivity contribution < 1.29 is 25.8 Å². The van der Waals surface area contributed by atoms with Crippen molar-refractivity contribution in [3.8, 4) is 17.3 Å². The molecule has 0 unspecified atom stereocenters. The summed E-state index contributed by atoms with van der Waals surface area (Å²) in [5.74, 6) is 1.88. The fourth-order valence-corrected chi connectivity index (χ4v) is 5.55. The Morgan fingerprint density at radius 3 is 2.42 bits per heavy atom. The summed E-state index contributed by atoms with van der Waals surface area (Å²) in [5.41, 5.74) is 6.39. The standard InChI is InChI=1S/C36H28N5O.Pt/c1-36(2,3)24-18-19-38-34(20-24)41-33-22-27(16-17-28(33)29-12-9-13-30(37-4)35(29)41)42-26-11-8-10-25(21-26)40-23-39(5)31-14-6-7-15-32(31)40;/h6-20,23H,1-3,5H3;/q-3;. The monoisotopic (exact) mass is 741 g/mol. The quantitative estimate of drug-likeness (QED) is 0.169. The van der Waals surface area contributed by atoms with Gasteiger partial charge in [0.2, 0.25) is 5.69 Å². The third-order valence-corrected chi connectivity index (χ3v) is 7.65. The van der Waals surface area contributed by atoms with Crippen LogP contribution in [0.3, 0.4) is 0 Å². The molecule has 0 N–H and O–H groups in total. The van der Waals surface area contributed by atoms with Gasteiger partial charge in [-0.1, -0.05) is 62.0 Å². The predicted molar refractivity (Wildman–Crippen MR) is 169 cm³/mol. The third kappa shape index (κ3) is 4.94. The van der Waals surface area contributed by atoms with E-state index in [1.165, 1.54) is 0 Å². The van der Waals surface area contributed by atoms with Gasteiger partial charge in [-0.15, -0.1) is 41.4 Å². The first kappa shape index (κ1) is 28.5. The maximum atomic E-state index is 7.88. The van der Waals surface area contributed by atoms with Crippen molar-refractivity contribution in [2.75, 3.05) is 16.8 Å². The van der Waals surface area contributed by atoms with Gasteiger partial charge in [0.05, 0.1) is 6.57 Å². The first-order valence-corrected chi connectivity index (χ1v) is 13.8. The minimum atomic E-state index is -0.0555. The summed E-state index contributed by atoms with van der Waals surface area (Å²) in [6.45, 7) is 16.5. The molecular weight excluding hydrogens is 714 g/mol. The van der Waals surface area contributed by atoms with E-state index in [9.17, 15) is 0 Å². The Morgan fingerprint density at radius 1 is 0.860 bits per heavy atom. The van der Waals surface area contributed by atoms with Crippen LogP contribution in [0.1, 0.15) is 26.3 Å². The number of fused-ring (bicyclic) bond motifs is 4. The Hall–Kier alpha value is -4.59. The summed E-state index contributed by atoms with van der Waals surface area (Å²) in [7, 11) is 2.04. The second kappa shape index (κ2) is 10.9. The second-order valence-electron chi connectivity index (χ2n) is 11.4. The normalized spacial score (nSPS) is 12.7. The number of hydrogen-bond donors (Lipinski definition) is 0. The largest absolute Gasteiger partial charge is 0.509 e. The number of pyridine rings is 1. The molecule has 1 aliphatic rings. The Morgan fingerprint density at radius 2 is 1.63 bits per heavy atom. The van der Waals surface area contributed by atoms with E-state index in [1.54, 1.807) is 0 Å². The molecule has 0 fully saturated rings. The molecule has 0 spiro atoms. The molecule has 0 aliphatic carbocycles. The van der Waals surface area contributed by atoms with Crippen LogP contribution in [0.25, 0.3) is 32.5 Å². The predicted octanol–water partition coefficient (Wildman–Crippen LogP) is 9.12. The van der Waals surface area contributed by atoms with Crippen molar-refractivity contribution >= 4 is 44.6 Å². The van der Waals surface area contributed by atoms with Gasteiger partial charge in [0, 0.05) is 55.7 Å². The number of para-hydroxylation sites is 3. The molecule has 7 heteroatoms. The number of hydrogen-bond acceptors (Lipinski definition) is 4. The molecule has 2 aromatic heterocycles. The molecule has 7 rings (SSSR count). The molecule has 6 aromatic rings. The number of nitrogens with zero attached hydrogens (tertiary/aromatic N) is 5. The summed E-state index contributed by atoms with van der Waals surface area (Å²) in [4.78, 5) is 12.8. The molecule has 0 atom stereocenters.